The lowest BCUT2D eigenvalue weighted by Crippen LogP contribution is -2.31. The second-order valence-electron chi connectivity index (χ2n) is 5.13. The van der Waals surface area contributed by atoms with Crippen molar-refractivity contribution in [2.75, 3.05) is 6.54 Å². The predicted molar refractivity (Wildman–Crippen MR) is 69.6 cm³/mol. The van der Waals surface area contributed by atoms with Crippen LogP contribution in [0.3, 0.4) is 0 Å². The minimum atomic E-state index is 0.390. The van der Waals surface area contributed by atoms with E-state index in [4.69, 9.17) is 0 Å². The Labute approximate surface area is 104 Å². The maximum absolute atomic E-state index is 4.49. The number of nitrogens with zero attached hydrogens (tertiary/aromatic N) is 2. The van der Waals surface area contributed by atoms with Gasteiger partial charge in [-0.25, -0.2) is 0 Å². The van der Waals surface area contributed by atoms with Gasteiger partial charge < -0.3 is 5.32 Å². The average molecular weight is 233 g/mol. The van der Waals surface area contributed by atoms with Crippen LogP contribution in [0.25, 0.3) is 0 Å². The molecule has 3 atom stereocenters. The Morgan fingerprint density at radius 2 is 2.29 bits per heavy atom. The Balaban J connectivity index is 2.13. The molecule has 3 heteroatoms. The molecule has 1 fully saturated rings. The highest BCUT2D eigenvalue weighted by Crippen LogP contribution is 2.39. The Morgan fingerprint density at radius 1 is 1.41 bits per heavy atom. The molecule has 0 aromatic carbocycles. The Bertz CT molecular complexity index is 325. The van der Waals surface area contributed by atoms with Gasteiger partial charge in [-0.1, -0.05) is 26.7 Å². The molecule has 1 aromatic rings. The van der Waals surface area contributed by atoms with Gasteiger partial charge in [-0.05, 0) is 31.2 Å². The van der Waals surface area contributed by atoms with Gasteiger partial charge in [0, 0.05) is 18.6 Å². The summed E-state index contributed by atoms with van der Waals surface area (Å²) in [7, 11) is 0. The van der Waals surface area contributed by atoms with Gasteiger partial charge in [0.15, 0.2) is 0 Å². The van der Waals surface area contributed by atoms with Crippen LogP contribution in [-0.4, -0.2) is 16.5 Å². The van der Waals surface area contributed by atoms with Crippen LogP contribution in [0.2, 0.25) is 0 Å². The maximum Gasteiger partial charge on any atom is 0.0758 e. The summed E-state index contributed by atoms with van der Waals surface area (Å²) in [6.45, 7) is 5.64. The largest absolute Gasteiger partial charge is 0.308 e. The first-order valence-electron chi connectivity index (χ1n) is 6.82. The van der Waals surface area contributed by atoms with Gasteiger partial charge in [0.1, 0.15) is 0 Å². The van der Waals surface area contributed by atoms with Crippen LogP contribution in [0.1, 0.15) is 51.3 Å². The second-order valence-corrected chi connectivity index (χ2v) is 5.13. The summed E-state index contributed by atoms with van der Waals surface area (Å²) in [4.78, 5) is 8.69. The molecule has 0 saturated heterocycles. The van der Waals surface area contributed by atoms with Crippen molar-refractivity contribution < 1.29 is 0 Å². The van der Waals surface area contributed by atoms with Crippen molar-refractivity contribution in [1.82, 2.24) is 15.3 Å². The zero-order valence-corrected chi connectivity index (χ0v) is 10.9. The Hall–Kier alpha value is -0.960. The lowest BCUT2D eigenvalue weighted by Gasteiger charge is -2.27. The molecule has 1 N–H and O–H groups in total. The van der Waals surface area contributed by atoms with Gasteiger partial charge in [0.25, 0.3) is 0 Å². The van der Waals surface area contributed by atoms with Crippen LogP contribution >= 0.6 is 0 Å². The summed E-state index contributed by atoms with van der Waals surface area (Å²) in [5, 5.41) is 3.66. The van der Waals surface area contributed by atoms with Gasteiger partial charge in [-0.15, -0.1) is 0 Å². The van der Waals surface area contributed by atoms with Crippen molar-refractivity contribution in [2.24, 2.45) is 11.8 Å². The van der Waals surface area contributed by atoms with Crippen molar-refractivity contribution >= 4 is 0 Å². The number of nitrogens with one attached hydrogen (secondary N) is 1. The standard InChI is InChI=1S/C14H23N3/c1-3-7-17-14(12-6-4-5-11(12)2)13-10-15-8-9-16-13/h8-12,14,17H,3-7H2,1-2H3. The molecule has 1 aliphatic carbocycles. The van der Waals surface area contributed by atoms with Gasteiger partial charge in [-0.3, -0.25) is 9.97 Å². The first-order valence-corrected chi connectivity index (χ1v) is 6.82. The predicted octanol–water partition coefficient (Wildman–Crippen LogP) is 2.95. The first kappa shape index (κ1) is 12.5. The van der Waals surface area contributed by atoms with E-state index < -0.39 is 0 Å². The zero-order chi connectivity index (χ0) is 12.1. The van der Waals surface area contributed by atoms with Crippen molar-refractivity contribution in [3.05, 3.63) is 24.3 Å². The molecule has 0 aliphatic heterocycles. The molecule has 0 radical (unpaired) electrons. The lowest BCUT2D eigenvalue weighted by molar-refractivity contribution is 0.296. The van der Waals surface area contributed by atoms with E-state index in [-0.39, 0.29) is 0 Å². The van der Waals surface area contributed by atoms with Crippen LogP contribution in [0.15, 0.2) is 18.6 Å². The number of hydrogen-bond donors (Lipinski definition) is 1. The highest BCUT2D eigenvalue weighted by Gasteiger charge is 2.32. The quantitative estimate of drug-likeness (QED) is 0.849. The van der Waals surface area contributed by atoms with E-state index in [9.17, 15) is 0 Å². The van der Waals surface area contributed by atoms with Gasteiger partial charge in [0.2, 0.25) is 0 Å². The van der Waals surface area contributed by atoms with Crippen LogP contribution in [0.5, 0.6) is 0 Å². The first-order chi connectivity index (χ1) is 8.33. The summed E-state index contributed by atoms with van der Waals surface area (Å²) >= 11 is 0. The summed E-state index contributed by atoms with van der Waals surface area (Å²) in [6.07, 6.45) is 10.7. The van der Waals surface area contributed by atoms with E-state index in [0.717, 1.165) is 30.5 Å². The minimum absolute atomic E-state index is 0.390. The molecule has 1 aliphatic rings. The molecule has 1 heterocycles. The van der Waals surface area contributed by atoms with Crippen LogP contribution in [0.4, 0.5) is 0 Å². The van der Waals surface area contributed by atoms with E-state index in [1.165, 1.54) is 19.3 Å². The maximum atomic E-state index is 4.49. The van der Waals surface area contributed by atoms with Gasteiger partial charge >= 0.3 is 0 Å². The molecule has 1 aromatic heterocycles. The van der Waals surface area contributed by atoms with Crippen molar-refractivity contribution in [1.29, 1.82) is 0 Å². The van der Waals surface area contributed by atoms with E-state index >= 15 is 0 Å². The Kier molecular flexibility index (Phi) is 4.49. The number of aromatic nitrogens is 2. The number of hydrogen-bond acceptors (Lipinski definition) is 3. The molecule has 3 unspecified atom stereocenters. The van der Waals surface area contributed by atoms with Crippen LogP contribution in [0, 0.1) is 11.8 Å². The van der Waals surface area contributed by atoms with Crippen LogP contribution < -0.4 is 5.32 Å². The molecule has 17 heavy (non-hydrogen) atoms. The van der Waals surface area contributed by atoms with E-state index in [2.05, 4.69) is 29.1 Å². The third-order valence-corrected chi connectivity index (χ3v) is 3.87. The molecule has 1 saturated carbocycles. The van der Waals surface area contributed by atoms with Crippen molar-refractivity contribution in [3.8, 4) is 0 Å². The normalized spacial score (nSPS) is 26.0. The molecular weight excluding hydrogens is 210 g/mol. The number of rotatable bonds is 5. The fraction of sp³-hybridized carbons (Fsp3) is 0.714. The third kappa shape index (κ3) is 3.03. The van der Waals surface area contributed by atoms with Crippen molar-refractivity contribution in [3.63, 3.8) is 0 Å². The lowest BCUT2D eigenvalue weighted by atomic mass is 9.88. The van der Waals surface area contributed by atoms with E-state index in [1.54, 1.807) is 12.4 Å². The molecule has 94 valence electrons. The van der Waals surface area contributed by atoms with Gasteiger partial charge in [-0.2, -0.15) is 0 Å². The Morgan fingerprint density at radius 3 is 2.88 bits per heavy atom. The molecule has 0 spiro atoms. The molecule has 3 nitrogen and oxygen atoms in total. The SMILES string of the molecule is CCCNC(c1cnccn1)C1CCCC1C. The minimum Gasteiger partial charge on any atom is -0.308 e. The zero-order valence-electron chi connectivity index (χ0n) is 10.9. The van der Waals surface area contributed by atoms with E-state index in [0.29, 0.717) is 6.04 Å². The third-order valence-electron chi connectivity index (χ3n) is 3.87. The molecular formula is C14H23N3. The van der Waals surface area contributed by atoms with Crippen LogP contribution in [-0.2, 0) is 0 Å². The summed E-state index contributed by atoms with van der Waals surface area (Å²) < 4.78 is 0. The fourth-order valence-electron chi connectivity index (χ4n) is 2.92. The van der Waals surface area contributed by atoms with E-state index in [1.807, 2.05) is 6.20 Å². The highest BCUT2D eigenvalue weighted by molar-refractivity contribution is 5.06. The second kappa shape index (κ2) is 6.10. The topological polar surface area (TPSA) is 37.8 Å². The highest BCUT2D eigenvalue weighted by atomic mass is 15.0. The smallest absolute Gasteiger partial charge is 0.0758 e. The van der Waals surface area contributed by atoms with Crippen molar-refractivity contribution in [2.45, 2.75) is 45.6 Å². The summed E-state index contributed by atoms with van der Waals surface area (Å²) in [5.74, 6) is 1.52. The fourth-order valence-corrected chi connectivity index (χ4v) is 2.92. The molecule has 0 amide bonds. The molecule has 0 bridgehead atoms. The monoisotopic (exact) mass is 233 g/mol. The van der Waals surface area contributed by atoms with Gasteiger partial charge in [0.05, 0.1) is 11.7 Å². The summed E-state index contributed by atoms with van der Waals surface area (Å²) in [5.41, 5.74) is 1.11. The average Bonchev–Trinajstić information content (AvgIpc) is 2.78. The summed E-state index contributed by atoms with van der Waals surface area (Å²) in [6, 6.07) is 0.390. The molecule has 2 rings (SSSR count).